The summed E-state index contributed by atoms with van der Waals surface area (Å²) in [6, 6.07) is 14.1. The maximum absolute atomic E-state index is 3.13. The third-order valence-electron chi connectivity index (χ3n) is 1.78. The van der Waals surface area contributed by atoms with Crippen LogP contribution in [-0.2, 0) is 0 Å². The van der Waals surface area contributed by atoms with Crippen molar-refractivity contribution in [1.82, 2.24) is 4.57 Å². The van der Waals surface area contributed by atoms with Gasteiger partial charge in [0.05, 0.1) is 6.20 Å². The zero-order valence-electron chi connectivity index (χ0n) is 7.22. The van der Waals surface area contributed by atoms with Crippen LogP contribution in [0.4, 0.5) is 0 Å². The van der Waals surface area contributed by atoms with Gasteiger partial charge in [0.2, 0.25) is 0 Å². The number of hydrogen-bond donors (Lipinski definition) is 0. The predicted octanol–water partition coefficient (Wildman–Crippen LogP) is 2.81. The molecule has 1 heteroatoms. The van der Waals surface area contributed by atoms with Gasteiger partial charge in [0.15, 0.2) is 0 Å². The monoisotopic (exact) mass is 168 g/mol. The summed E-state index contributed by atoms with van der Waals surface area (Å²) >= 11 is 0. The van der Waals surface area contributed by atoms with Crippen molar-refractivity contribution >= 4 is 6.08 Å². The fourth-order valence-corrected chi connectivity index (χ4v) is 1.12. The first-order chi connectivity index (χ1) is 6.45. The lowest BCUT2D eigenvalue weighted by Crippen LogP contribution is -1.80. The molecular formula is C12H10N. The second-order valence-corrected chi connectivity index (χ2v) is 2.77. The highest BCUT2D eigenvalue weighted by atomic mass is 14.9. The van der Waals surface area contributed by atoms with Crippen LogP contribution in [0.1, 0.15) is 5.56 Å². The van der Waals surface area contributed by atoms with E-state index in [0.29, 0.717) is 0 Å². The molecule has 63 valence electrons. The molecule has 0 aliphatic rings. The molecule has 13 heavy (non-hydrogen) atoms. The zero-order chi connectivity index (χ0) is 8.93. The molecule has 1 radical (unpaired) electrons. The van der Waals surface area contributed by atoms with Gasteiger partial charge in [0, 0.05) is 12.4 Å². The van der Waals surface area contributed by atoms with Gasteiger partial charge in [0.1, 0.15) is 0 Å². The minimum Gasteiger partial charge on any atom is -0.322 e. The molecular weight excluding hydrogens is 158 g/mol. The molecule has 0 fully saturated rings. The number of aromatic nitrogens is 1. The maximum Gasteiger partial charge on any atom is 0.0697 e. The Hall–Kier alpha value is -1.76. The van der Waals surface area contributed by atoms with Gasteiger partial charge >= 0.3 is 0 Å². The minimum absolute atomic E-state index is 1.16. The van der Waals surface area contributed by atoms with Crippen molar-refractivity contribution in [3.63, 3.8) is 0 Å². The molecule has 0 saturated carbocycles. The number of benzene rings is 1. The molecule has 0 spiro atoms. The Kier molecular flexibility index (Phi) is 2.28. The Balaban J connectivity index is 2.15. The van der Waals surface area contributed by atoms with Crippen molar-refractivity contribution in [3.8, 4) is 0 Å². The second-order valence-electron chi connectivity index (χ2n) is 2.77. The van der Waals surface area contributed by atoms with Gasteiger partial charge < -0.3 is 4.57 Å². The molecule has 0 bridgehead atoms. The van der Waals surface area contributed by atoms with Crippen LogP contribution in [0.5, 0.6) is 0 Å². The lowest BCUT2D eigenvalue weighted by molar-refractivity contribution is 1.06. The van der Waals surface area contributed by atoms with Gasteiger partial charge in [-0.05, 0) is 23.8 Å². The molecule has 1 aromatic heterocycles. The fourth-order valence-electron chi connectivity index (χ4n) is 1.12. The van der Waals surface area contributed by atoms with Crippen LogP contribution in [-0.4, -0.2) is 4.57 Å². The molecule has 0 aliphatic heterocycles. The fraction of sp³-hybridized carbons (Fsp3) is 0. The van der Waals surface area contributed by atoms with Crippen LogP contribution >= 0.6 is 0 Å². The molecule has 0 amide bonds. The number of rotatable bonds is 2. The van der Waals surface area contributed by atoms with Gasteiger partial charge in [-0.3, -0.25) is 0 Å². The summed E-state index contributed by atoms with van der Waals surface area (Å²) in [4.78, 5) is 0. The van der Waals surface area contributed by atoms with E-state index in [-0.39, 0.29) is 0 Å². The Morgan fingerprint density at radius 3 is 2.31 bits per heavy atom. The van der Waals surface area contributed by atoms with E-state index in [4.69, 9.17) is 0 Å². The van der Waals surface area contributed by atoms with E-state index in [0.717, 1.165) is 5.56 Å². The lowest BCUT2D eigenvalue weighted by Gasteiger charge is -1.91. The molecule has 0 unspecified atom stereocenters. The summed E-state index contributed by atoms with van der Waals surface area (Å²) in [5, 5.41) is 0. The van der Waals surface area contributed by atoms with E-state index in [1.54, 1.807) is 0 Å². The van der Waals surface area contributed by atoms with Crippen LogP contribution in [0, 0.1) is 6.20 Å². The summed E-state index contributed by atoms with van der Waals surface area (Å²) < 4.78 is 1.90. The first-order valence-electron chi connectivity index (χ1n) is 4.23. The third kappa shape index (κ3) is 2.09. The van der Waals surface area contributed by atoms with Crippen molar-refractivity contribution < 1.29 is 0 Å². The van der Waals surface area contributed by atoms with E-state index in [2.05, 4.69) is 18.3 Å². The van der Waals surface area contributed by atoms with Crippen molar-refractivity contribution in [2.45, 2.75) is 0 Å². The second kappa shape index (κ2) is 3.76. The highest BCUT2D eigenvalue weighted by Crippen LogP contribution is 2.01. The lowest BCUT2D eigenvalue weighted by atomic mass is 10.2. The first kappa shape index (κ1) is 7.87. The van der Waals surface area contributed by atoms with Gasteiger partial charge in [0.25, 0.3) is 0 Å². The molecule has 1 nitrogen and oxygen atoms in total. The van der Waals surface area contributed by atoms with E-state index in [1.807, 2.05) is 53.4 Å². The van der Waals surface area contributed by atoms with Gasteiger partial charge in [-0.1, -0.05) is 30.3 Å². The van der Waals surface area contributed by atoms with E-state index in [9.17, 15) is 0 Å². The standard InChI is InChI=1S/C12H10N/c1-2-6-12(7-3-1)8-11-13-9-4-5-10-13/h1-10H. The van der Waals surface area contributed by atoms with Crippen molar-refractivity contribution in [2.24, 2.45) is 0 Å². The van der Waals surface area contributed by atoms with Gasteiger partial charge in [-0.15, -0.1) is 0 Å². The van der Waals surface area contributed by atoms with Crippen LogP contribution in [0.25, 0.3) is 6.08 Å². The molecule has 0 saturated heterocycles. The zero-order valence-corrected chi connectivity index (χ0v) is 7.22. The molecule has 2 rings (SSSR count). The SMILES string of the molecule is [C](=Cc1ccccc1)n1cccc1. The molecule has 1 aromatic carbocycles. The Morgan fingerprint density at radius 2 is 1.62 bits per heavy atom. The summed E-state index contributed by atoms with van der Waals surface area (Å²) in [5.74, 6) is 0. The van der Waals surface area contributed by atoms with Gasteiger partial charge in [-0.25, -0.2) is 0 Å². The van der Waals surface area contributed by atoms with Crippen molar-refractivity contribution in [1.29, 1.82) is 0 Å². The van der Waals surface area contributed by atoms with Crippen LogP contribution < -0.4 is 0 Å². The first-order valence-corrected chi connectivity index (χ1v) is 4.23. The Labute approximate surface area is 77.9 Å². The average molecular weight is 168 g/mol. The van der Waals surface area contributed by atoms with Gasteiger partial charge in [-0.2, -0.15) is 0 Å². The number of nitrogens with zero attached hydrogens (tertiary/aromatic N) is 1. The summed E-state index contributed by atoms with van der Waals surface area (Å²) in [6.45, 7) is 0. The largest absolute Gasteiger partial charge is 0.322 e. The molecule has 0 N–H and O–H groups in total. The smallest absolute Gasteiger partial charge is 0.0697 e. The highest BCUT2D eigenvalue weighted by molar-refractivity contribution is 5.46. The van der Waals surface area contributed by atoms with E-state index < -0.39 is 0 Å². The normalized spacial score (nSPS) is 10.8. The Morgan fingerprint density at radius 1 is 0.923 bits per heavy atom. The van der Waals surface area contributed by atoms with E-state index >= 15 is 0 Å². The Bertz CT molecular complexity index is 371. The predicted molar refractivity (Wildman–Crippen MR) is 54.0 cm³/mol. The molecule has 2 aromatic rings. The molecule has 0 aliphatic carbocycles. The average Bonchev–Trinajstić information content (AvgIpc) is 2.69. The van der Waals surface area contributed by atoms with Crippen LogP contribution in [0.2, 0.25) is 0 Å². The molecule has 0 atom stereocenters. The van der Waals surface area contributed by atoms with Crippen LogP contribution in [0.3, 0.4) is 0 Å². The minimum atomic E-state index is 1.16. The van der Waals surface area contributed by atoms with E-state index in [1.165, 1.54) is 0 Å². The summed E-state index contributed by atoms with van der Waals surface area (Å²) in [5.41, 5.74) is 1.16. The topological polar surface area (TPSA) is 4.93 Å². The highest BCUT2D eigenvalue weighted by Gasteiger charge is 1.83. The van der Waals surface area contributed by atoms with Crippen molar-refractivity contribution in [3.05, 3.63) is 66.6 Å². The quantitative estimate of drug-likeness (QED) is 0.649. The number of hydrogen-bond acceptors (Lipinski definition) is 0. The maximum atomic E-state index is 3.13. The van der Waals surface area contributed by atoms with Crippen molar-refractivity contribution in [2.75, 3.05) is 0 Å². The summed E-state index contributed by atoms with van der Waals surface area (Å²) in [7, 11) is 0. The molecule has 1 heterocycles. The van der Waals surface area contributed by atoms with Crippen LogP contribution in [0.15, 0.2) is 54.9 Å². The summed E-state index contributed by atoms with van der Waals surface area (Å²) in [6.07, 6.45) is 9.01. The third-order valence-corrected chi connectivity index (χ3v) is 1.78.